The van der Waals surface area contributed by atoms with Crippen molar-refractivity contribution in [3.05, 3.63) is 234 Å². The highest BCUT2D eigenvalue weighted by Gasteiger charge is 2.56. The highest BCUT2D eigenvalue weighted by Crippen LogP contribution is 2.63. The third-order valence-corrected chi connectivity index (χ3v) is 17.0. The Labute approximate surface area is 434 Å². The molecule has 0 N–H and O–H groups in total. The van der Waals surface area contributed by atoms with Crippen LogP contribution in [0.5, 0.6) is 0 Å². The van der Waals surface area contributed by atoms with Gasteiger partial charge in [0.25, 0.3) is 0 Å². The van der Waals surface area contributed by atoms with Gasteiger partial charge in [-0.25, -0.2) is 9.97 Å². The quantitative estimate of drug-likeness (QED) is 0.151. The van der Waals surface area contributed by atoms with E-state index in [4.69, 9.17) is 9.97 Å². The molecule has 0 bridgehead atoms. The molecule has 360 valence electrons. The lowest BCUT2D eigenvalue weighted by Gasteiger charge is -2.52. The molecule has 0 spiro atoms. The van der Waals surface area contributed by atoms with Crippen LogP contribution in [0.3, 0.4) is 0 Å². The molecule has 10 aromatic rings. The normalized spacial score (nSPS) is 18.0. The monoisotopic (exact) mass is 958 g/mol. The molecule has 14 rings (SSSR count). The first-order chi connectivity index (χ1) is 36.5. The number of para-hydroxylation sites is 4. The SMILES string of the molecule is CCc1ccccc1-c1ccc(N2c3cc4ccccc4cc3N3c4ccc(-c5ccccc5CC)cc4C(=C4C5N(c6ccccc6)c6nc7ccccc7nc6N5c5ccccc5C4(CC)CC)CC23)cc1. The van der Waals surface area contributed by atoms with Crippen LogP contribution in [0.1, 0.15) is 69.2 Å². The number of aryl methyl sites for hydroxylation is 2. The van der Waals surface area contributed by atoms with E-state index < -0.39 is 0 Å². The van der Waals surface area contributed by atoms with Gasteiger partial charge in [0, 0.05) is 34.5 Å². The Kier molecular flexibility index (Phi) is 10.4. The zero-order valence-electron chi connectivity index (χ0n) is 42.5. The molecule has 6 nitrogen and oxygen atoms in total. The first kappa shape index (κ1) is 44.2. The Morgan fingerprint density at radius 2 is 0.973 bits per heavy atom. The molecule has 0 saturated carbocycles. The van der Waals surface area contributed by atoms with Crippen molar-refractivity contribution in [2.75, 3.05) is 19.6 Å². The number of anilines is 8. The molecular weight excluding hydrogens is 901 g/mol. The second kappa shape index (κ2) is 17.3. The number of hydrogen-bond donors (Lipinski definition) is 0. The van der Waals surface area contributed by atoms with Gasteiger partial charge in [-0.1, -0.05) is 167 Å². The fraction of sp³-hybridized carbons (Fsp3) is 0.176. The summed E-state index contributed by atoms with van der Waals surface area (Å²) < 4.78 is 0. The highest BCUT2D eigenvalue weighted by atomic mass is 15.5. The molecule has 2 atom stereocenters. The van der Waals surface area contributed by atoms with Gasteiger partial charge in [-0.3, -0.25) is 9.80 Å². The summed E-state index contributed by atoms with van der Waals surface area (Å²) in [5.41, 5.74) is 21.8. The Morgan fingerprint density at radius 3 is 1.64 bits per heavy atom. The molecule has 0 radical (unpaired) electrons. The third-order valence-electron chi connectivity index (χ3n) is 17.0. The minimum atomic E-state index is -0.350. The van der Waals surface area contributed by atoms with Gasteiger partial charge in [0.15, 0.2) is 11.6 Å². The molecule has 0 fully saturated rings. The molecule has 74 heavy (non-hydrogen) atoms. The first-order valence-electron chi connectivity index (χ1n) is 26.8. The molecule has 2 unspecified atom stereocenters. The second-order valence-corrected chi connectivity index (χ2v) is 20.4. The van der Waals surface area contributed by atoms with Crippen molar-refractivity contribution >= 4 is 73.1 Å². The average molecular weight is 959 g/mol. The fourth-order valence-corrected chi connectivity index (χ4v) is 13.5. The van der Waals surface area contributed by atoms with Gasteiger partial charge in [0.05, 0.1) is 28.1 Å². The van der Waals surface area contributed by atoms with Crippen LogP contribution in [-0.2, 0) is 18.3 Å². The van der Waals surface area contributed by atoms with Crippen molar-refractivity contribution in [1.82, 2.24) is 9.97 Å². The van der Waals surface area contributed by atoms with Crippen LogP contribution in [-0.4, -0.2) is 22.3 Å². The van der Waals surface area contributed by atoms with E-state index >= 15 is 0 Å². The van der Waals surface area contributed by atoms with E-state index in [1.54, 1.807) is 0 Å². The zero-order valence-corrected chi connectivity index (χ0v) is 42.5. The molecule has 0 amide bonds. The van der Waals surface area contributed by atoms with E-state index in [0.29, 0.717) is 0 Å². The van der Waals surface area contributed by atoms with Crippen molar-refractivity contribution in [3.63, 3.8) is 0 Å². The van der Waals surface area contributed by atoms with Crippen LogP contribution in [0.4, 0.5) is 45.8 Å². The molecule has 6 heteroatoms. The topological polar surface area (TPSA) is 38.7 Å². The average Bonchev–Trinajstić information content (AvgIpc) is 3.97. The summed E-state index contributed by atoms with van der Waals surface area (Å²) in [5.74, 6) is 1.77. The second-order valence-electron chi connectivity index (χ2n) is 20.4. The van der Waals surface area contributed by atoms with Gasteiger partial charge in [0.2, 0.25) is 0 Å². The van der Waals surface area contributed by atoms with E-state index in [-0.39, 0.29) is 17.7 Å². The fourth-order valence-electron chi connectivity index (χ4n) is 13.5. The number of benzene rings is 9. The maximum atomic E-state index is 5.59. The Balaban J connectivity index is 1.08. The van der Waals surface area contributed by atoms with Gasteiger partial charge in [0.1, 0.15) is 12.3 Å². The Bertz CT molecular complexity index is 3870. The molecular formula is C68H58N6. The lowest BCUT2D eigenvalue weighted by molar-refractivity contribution is 0.423. The van der Waals surface area contributed by atoms with Crippen molar-refractivity contribution < 1.29 is 0 Å². The maximum Gasteiger partial charge on any atom is 0.179 e. The van der Waals surface area contributed by atoms with Crippen LogP contribution in [0.25, 0.3) is 49.6 Å². The molecule has 4 aliphatic heterocycles. The highest BCUT2D eigenvalue weighted by molar-refractivity contribution is 6.04. The van der Waals surface area contributed by atoms with Crippen molar-refractivity contribution in [3.8, 4) is 22.3 Å². The van der Waals surface area contributed by atoms with E-state index in [0.717, 1.165) is 60.5 Å². The Morgan fingerprint density at radius 1 is 0.432 bits per heavy atom. The standard InChI is InChI=1S/C68H58N6/c1-5-44-22-14-16-28-52(44)46-34-37-51(38-35-46)71-61-41-47-24-12-13-25-48(47)42-62(61)73-59-39-36-49(53-29-17-15-23-45(53)6-2)40-54(59)55(43-63(71)73)64-67-72(50-26-10-9-11-27-50)65-66(70-58-32-20-19-31-57(58)69-65)74(67)60-33-21-18-30-56(60)68(64,7-3)8-4/h9-42,63,67H,5-8,43H2,1-4H3. The summed E-state index contributed by atoms with van der Waals surface area (Å²) in [5, 5.41) is 2.47. The van der Waals surface area contributed by atoms with Gasteiger partial charge < -0.3 is 9.80 Å². The summed E-state index contributed by atoms with van der Waals surface area (Å²) >= 11 is 0. The number of nitrogens with zero attached hydrogens (tertiary/aromatic N) is 6. The summed E-state index contributed by atoms with van der Waals surface area (Å²) in [4.78, 5) is 21.6. The van der Waals surface area contributed by atoms with Gasteiger partial charge in [-0.2, -0.15) is 0 Å². The Hall–Kier alpha value is -8.48. The molecule has 5 heterocycles. The van der Waals surface area contributed by atoms with Crippen LogP contribution in [0.15, 0.2) is 212 Å². The lowest BCUT2D eigenvalue weighted by Crippen LogP contribution is -2.52. The molecule has 9 aromatic carbocycles. The third kappa shape index (κ3) is 6.49. The van der Waals surface area contributed by atoms with Gasteiger partial charge in [-0.15, -0.1) is 0 Å². The van der Waals surface area contributed by atoms with Crippen LogP contribution in [0.2, 0.25) is 0 Å². The van der Waals surface area contributed by atoms with Crippen LogP contribution < -0.4 is 19.6 Å². The molecule has 0 aliphatic carbocycles. The van der Waals surface area contributed by atoms with Crippen LogP contribution in [0, 0.1) is 0 Å². The van der Waals surface area contributed by atoms with E-state index in [2.05, 4.69) is 254 Å². The van der Waals surface area contributed by atoms with Gasteiger partial charge in [-0.05, 0) is 153 Å². The predicted octanol–water partition coefficient (Wildman–Crippen LogP) is 17.4. The largest absolute Gasteiger partial charge is 0.318 e. The van der Waals surface area contributed by atoms with E-state index in [1.807, 2.05) is 0 Å². The molecule has 1 aromatic heterocycles. The summed E-state index contributed by atoms with van der Waals surface area (Å²) in [6.45, 7) is 9.36. The van der Waals surface area contributed by atoms with Gasteiger partial charge >= 0.3 is 0 Å². The van der Waals surface area contributed by atoms with Crippen molar-refractivity contribution in [2.24, 2.45) is 0 Å². The minimum Gasteiger partial charge on any atom is -0.318 e. The first-order valence-corrected chi connectivity index (χ1v) is 26.8. The predicted molar refractivity (Wildman–Crippen MR) is 309 cm³/mol. The summed E-state index contributed by atoms with van der Waals surface area (Å²) in [7, 11) is 0. The number of rotatable bonds is 8. The van der Waals surface area contributed by atoms with E-state index in [9.17, 15) is 0 Å². The van der Waals surface area contributed by atoms with Crippen molar-refractivity contribution in [2.45, 2.75) is 77.5 Å². The lowest BCUT2D eigenvalue weighted by atomic mass is 9.63. The number of aromatic nitrogens is 2. The minimum absolute atomic E-state index is 0.0795. The molecule has 0 saturated heterocycles. The number of fused-ring (bicyclic) bond motifs is 12. The maximum absolute atomic E-state index is 5.59. The smallest absolute Gasteiger partial charge is 0.179 e. The number of hydrogen-bond acceptors (Lipinski definition) is 6. The zero-order chi connectivity index (χ0) is 49.7. The summed E-state index contributed by atoms with van der Waals surface area (Å²) in [6, 6.07) is 76.9. The summed E-state index contributed by atoms with van der Waals surface area (Å²) in [6.07, 6.45) is 4.20. The van der Waals surface area contributed by atoms with E-state index in [1.165, 1.54) is 94.9 Å². The van der Waals surface area contributed by atoms with Crippen LogP contribution >= 0.6 is 0 Å². The molecule has 4 aliphatic rings. The van der Waals surface area contributed by atoms with Crippen molar-refractivity contribution in [1.29, 1.82) is 0 Å².